The fourth-order valence-electron chi connectivity index (χ4n) is 1.84. The number of hydrogen-bond acceptors (Lipinski definition) is 4. The molecule has 94 valence electrons. The second-order valence-electron chi connectivity index (χ2n) is 4.00. The number of anilines is 1. The first-order valence-corrected chi connectivity index (χ1v) is 7.76. The molecule has 0 spiro atoms. The molecule has 17 heavy (non-hydrogen) atoms. The Bertz CT molecular complexity index is 521. The minimum absolute atomic E-state index is 0.0929. The third-order valence-electron chi connectivity index (χ3n) is 2.77. The van der Waals surface area contributed by atoms with Crippen molar-refractivity contribution in [2.45, 2.75) is 18.1 Å². The van der Waals surface area contributed by atoms with E-state index in [4.69, 9.17) is 0 Å². The van der Waals surface area contributed by atoms with E-state index in [1.54, 1.807) is 0 Å². The smallest absolute Gasteiger partial charge is 0.166 e. The van der Waals surface area contributed by atoms with Crippen LogP contribution in [0.25, 0.3) is 0 Å². The highest BCUT2D eigenvalue weighted by Crippen LogP contribution is 2.21. The molecule has 1 atom stereocenters. The Hall–Kier alpha value is -0.690. The van der Waals surface area contributed by atoms with Gasteiger partial charge in [0.1, 0.15) is 0 Å². The highest BCUT2D eigenvalue weighted by atomic mass is 79.9. The maximum absolute atomic E-state index is 13.4. The van der Waals surface area contributed by atoms with Crippen LogP contribution in [0, 0.1) is 5.82 Å². The Kier molecular flexibility index (Phi) is 3.67. The molecule has 1 aliphatic heterocycles. The Morgan fingerprint density at radius 3 is 2.94 bits per heavy atom. The highest BCUT2D eigenvalue weighted by molar-refractivity contribution is 9.10. The molecule has 1 N–H and O–H groups in total. The number of halogens is 2. The van der Waals surface area contributed by atoms with Crippen molar-refractivity contribution >= 4 is 31.6 Å². The molecule has 0 saturated carbocycles. The molecule has 1 unspecified atom stereocenters. The lowest BCUT2D eigenvalue weighted by molar-refractivity contribution is 0.590. The predicted octanol–water partition coefficient (Wildman–Crippen LogP) is 1.97. The quantitative estimate of drug-likeness (QED) is 0.924. The minimum atomic E-state index is -3.00. The molecule has 1 saturated heterocycles. The van der Waals surface area contributed by atoms with Gasteiger partial charge < -0.3 is 5.32 Å². The van der Waals surface area contributed by atoms with Crippen LogP contribution in [-0.2, 0) is 9.84 Å². The van der Waals surface area contributed by atoms with Gasteiger partial charge in [-0.3, -0.25) is 0 Å². The molecular weight excluding hydrogens is 311 g/mol. The summed E-state index contributed by atoms with van der Waals surface area (Å²) in [5.74, 6) is -0.166. The van der Waals surface area contributed by atoms with Crippen molar-refractivity contribution in [3.8, 4) is 0 Å². The lowest BCUT2D eigenvalue weighted by Crippen LogP contribution is -2.25. The van der Waals surface area contributed by atoms with Crippen LogP contribution in [0.4, 0.5) is 10.2 Å². The summed E-state index contributed by atoms with van der Waals surface area (Å²) >= 11 is 3.11. The van der Waals surface area contributed by atoms with Gasteiger partial charge in [-0.15, -0.1) is 0 Å². The topological polar surface area (TPSA) is 59.1 Å². The number of rotatable bonds is 3. The fraction of sp³-hybridized carbons (Fsp3) is 0.500. The van der Waals surface area contributed by atoms with Crippen molar-refractivity contribution in [3.05, 3.63) is 22.6 Å². The van der Waals surface area contributed by atoms with E-state index < -0.39 is 20.9 Å². The molecule has 0 aromatic carbocycles. The fourth-order valence-corrected chi connectivity index (χ4v) is 3.91. The first-order chi connectivity index (χ1) is 7.99. The molecule has 1 aliphatic rings. The maximum atomic E-state index is 13.4. The van der Waals surface area contributed by atoms with Gasteiger partial charge in [0, 0.05) is 17.2 Å². The van der Waals surface area contributed by atoms with Gasteiger partial charge in [0.25, 0.3) is 0 Å². The lowest BCUT2D eigenvalue weighted by Gasteiger charge is -2.11. The van der Waals surface area contributed by atoms with Crippen LogP contribution in [-0.4, -0.2) is 30.9 Å². The summed E-state index contributed by atoms with van der Waals surface area (Å²) < 4.78 is 37.1. The largest absolute Gasteiger partial charge is 0.366 e. The zero-order chi connectivity index (χ0) is 12.5. The Morgan fingerprint density at radius 1 is 1.59 bits per heavy atom. The monoisotopic (exact) mass is 322 g/mol. The molecule has 0 radical (unpaired) electrons. The van der Waals surface area contributed by atoms with Crippen molar-refractivity contribution in [2.75, 3.05) is 17.6 Å². The molecule has 4 nitrogen and oxygen atoms in total. The van der Waals surface area contributed by atoms with Crippen LogP contribution in [0.1, 0.15) is 12.8 Å². The highest BCUT2D eigenvalue weighted by Gasteiger charge is 2.31. The SMILES string of the molecule is O=S1(=O)CCCC1CNc1ncc(Br)cc1F. The number of sulfone groups is 1. The van der Waals surface area contributed by atoms with Gasteiger partial charge in [0.15, 0.2) is 21.5 Å². The zero-order valence-corrected chi connectivity index (χ0v) is 11.4. The summed E-state index contributed by atoms with van der Waals surface area (Å²) in [5.41, 5.74) is 0. The van der Waals surface area contributed by atoms with Crippen molar-refractivity contribution in [1.82, 2.24) is 4.98 Å². The van der Waals surface area contributed by atoms with E-state index in [2.05, 4.69) is 26.2 Å². The summed E-state index contributed by atoms with van der Waals surface area (Å²) in [5, 5.41) is 2.33. The van der Waals surface area contributed by atoms with Crippen LogP contribution >= 0.6 is 15.9 Å². The Morgan fingerprint density at radius 2 is 2.35 bits per heavy atom. The van der Waals surface area contributed by atoms with Crippen molar-refractivity contribution in [2.24, 2.45) is 0 Å². The van der Waals surface area contributed by atoms with Gasteiger partial charge in [-0.1, -0.05) is 0 Å². The van der Waals surface area contributed by atoms with E-state index in [9.17, 15) is 12.8 Å². The predicted molar refractivity (Wildman–Crippen MR) is 67.2 cm³/mol. The standard InChI is InChI=1S/C10H12BrFN2O2S/c11-7-4-9(12)10(13-5-7)14-6-8-2-1-3-17(8,15)16/h4-5,8H,1-3,6H2,(H,13,14). The summed E-state index contributed by atoms with van der Waals surface area (Å²) in [4.78, 5) is 3.86. The van der Waals surface area contributed by atoms with E-state index in [0.29, 0.717) is 17.3 Å². The summed E-state index contributed by atoms with van der Waals surface area (Å²) in [6, 6.07) is 1.29. The lowest BCUT2D eigenvalue weighted by atomic mass is 10.2. The molecule has 1 aromatic rings. The normalized spacial score (nSPS) is 22.6. The van der Waals surface area contributed by atoms with Crippen LogP contribution in [0.2, 0.25) is 0 Å². The average molecular weight is 323 g/mol. The molecule has 2 heterocycles. The van der Waals surface area contributed by atoms with Crippen LogP contribution in [0.15, 0.2) is 16.7 Å². The molecule has 0 amide bonds. The van der Waals surface area contributed by atoms with E-state index in [0.717, 1.165) is 0 Å². The molecule has 1 aromatic heterocycles. The second kappa shape index (κ2) is 4.89. The van der Waals surface area contributed by atoms with Crippen LogP contribution in [0.3, 0.4) is 0 Å². The van der Waals surface area contributed by atoms with E-state index >= 15 is 0 Å². The number of nitrogens with one attached hydrogen (secondary N) is 1. The van der Waals surface area contributed by atoms with E-state index in [1.807, 2.05) is 0 Å². The average Bonchev–Trinajstić information content (AvgIpc) is 2.57. The van der Waals surface area contributed by atoms with E-state index in [1.165, 1.54) is 12.3 Å². The third kappa shape index (κ3) is 2.95. The molecule has 1 fully saturated rings. The van der Waals surface area contributed by atoms with Gasteiger partial charge in [0.05, 0.1) is 11.0 Å². The minimum Gasteiger partial charge on any atom is -0.366 e. The maximum Gasteiger partial charge on any atom is 0.166 e. The molecule has 7 heteroatoms. The first kappa shape index (κ1) is 12.8. The van der Waals surface area contributed by atoms with Crippen molar-refractivity contribution in [3.63, 3.8) is 0 Å². The Labute approximate surface area is 108 Å². The second-order valence-corrected chi connectivity index (χ2v) is 7.31. The van der Waals surface area contributed by atoms with Gasteiger partial charge in [-0.2, -0.15) is 0 Å². The number of nitrogens with zero attached hydrogens (tertiary/aromatic N) is 1. The van der Waals surface area contributed by atoms with Gasteiger partial charge >= 0.3 is 0 Å². The summed E-state index contributed by atoms with van der Waals surface area (Å²) in [7, 11) is -3.00. The summed E-state index contributed by atoms with van der Waals surface area (Å²) in [6.45, 7) is 0.216. The van der Waals surface area contributed by atoms with Gasteiger partial charge in [-0.05, 0) is 34.8 Å². The third-order valence-corrected chi connectivity index (χ3v) is 5.48. The molecule has 0 bridgehead atoms. The van der Waals surface area contributed by atoms with E-state index in [-0.39, 0.29) is 18.1 Å². The number of aromatic nitrogens is 1. The molecular formula is C10H12BrFN2O2S. The van der Waals surface area contributed by atoms with Crippen LogP contribution in [0.5, 0.6) is 0 Å². The number of hydrogen-bond donors (Lipinski definition) is 1. The molecule has 0 aliphatic carbocycles. The van der Waals surface area contributed by atoms with Gasteiger partial charge in [-0.25, -0.2) is 17.8 Å². The van der Waals surface area contributed by atoms with Crippen molar-refractivity contribution in [1.29, 1.82) is 0 Å². The number of pyridine rings is 1. The Balaban J connectivity index is 2.03. The first-order valence-electron chi connectivity index (χ1n) is 5.25. The zero-order valence-electron chi connectivity index (χ0n) is 8.99. The van der Waals surface area contributed by atoms with Crippen molar-refractivity contribution < 1.29 is 12.8 Å². The van der Waals surface area contributed by atoms with Gasteiger partial charge in [0.2, 0.25) is 0 Å². The van der Waals surface area contributed by atoms with Crippen LogP contribution < -0.4 is 5.32 Å². The summed E-state index contributed by atoms with van der Waals surface area (Å²) in [6.07, 6.45) is 2.78. The molecule has 2 rings (SSSR count).